The van der Waals surface area contributed by atoms with Crippen molar-refractivity contribution in [2.45, 2.75) is 0 Å². The van der Waals surface area contributed by atoms with E-state index >= 15 is 0 Å². The van der Waals surface area contributed by atoms with E-state index in [1.807, 2.05) is 30.3 Å². The fourth-order valence-electron chi connectivity index (χ4n) is 7.85. The van der Waals surface area contributed by atoms with Gasteiger partial charge in [-0.25, -0.2) is 9.97 Å². The van der Waals surface area contributed by atoms with Crippen LogP contribution in [0, 0.1) is 0 Å². The van der Waals surface area contributed by atoms with Crippen LogP contribution >= 0.6 is 0 Å². The summed E-state index contributed by atoms with van der Waals surface area (Å²) in [5.41, 5.74) is 10.1. The lowest BCUT2D eigenvalue weighted by Gasteiger charge is -2.12. The predicted octanol–water partition coefficient (Wildman–Crippen LogP) is 11.4. The van der Waals surface area contributed by atoms with Crippen molar-refractivity contribution in [3.63, 3.8) is 0 Å². The first kappa shape index (κ1) is 26.4. The quantitative estimate of drug-likeness (QED) is 0.196. The van der Waals surface area contributed by atoms with Gasteiger partial charge in [0, 0.05) is 49.0 Å². The predicted molar refractivity (Wildman–Crippen MR) is 201 cm³/mol. The molecule has 5 heteroatoms. The van der Waals surface area contributed by atoms with Gasteiger partial charge in [-0.1, -0.05) is 97.1 Å². The lowest BCUT2D eigenvalue weighted by molar-refractivity contribution is 0.669. The molecule has 0 saturated carbocycles. The Kier molecular flexibility index (Phi) is 5.32. The van der Waals surface area contributed by atoms with Crippen molar-refractivity contribution in [3.8, 4) is 22.9 Å². The van der Waals surface area contributed by atoms with Gasteiger partial charge in [-0.15, -0.1) is 0 Å². The van der Waals surface area contributed by atoms with E-state index in [0.29, 0.717) is 5.95 Å². The molecule has 0 unspecified atom stereocenters. The summed E-state index contributed by atoms with van der Waals surface area (Å²) in [6.07, 6.45) is 0. The van der Waals surface area contributed by atoms with Crippen LogP contribution in [0.5, 0.6) is 0 Å². The molecule has 0 bridgehead atoms. The number of hydrogen-bond donors (Lipinski definition) is 0. The lowest BCUT2D eigenvalue weighted by atomic mass is 10.0. The van der Waals surface area contributed by atoms with Crippen LogP contribution < -0.4 is 0 Å². The SMILES string of the molecule is c1ccc(-n2c3ccccc3c3c4c5ccccc5n(-c5nc(-c6ccc7c(c6)oc6ccccc67)c6ccccc6n5)c4ccc32)cc1. The molecule has 0 saturated heterocycles. The summed E-state index contributed by atoms with van der Waals surface area (Å²) in [5, 5.41) is 8.01. The van der Waals surface area contributed by atoms with Crippen LogP contribution in [0.3, 0.4) is 0 Å². The third-order valence-electron chi connectivity index (χ3n) is 9.93. The highest BCUT2D eigenvalue weighted by Crippen LogP contribution is 2.42. The maximum Gasteiger partial charge on any atom is 0.235 e. The van der Waals surface area contributed by atoms with Gasteiger partial charge in [0.05, 0.1) is 33.3 Å². The van der Waals surface area contributed by atoms with Crippen molar-refractivity contribution in [1.29, 1.82) is 0 Å². The van der Waals surface area contributed by atoms with Crippen LogP contribution in [-0.4, -0.2) is 19.1 Å². The second-order valence-corrected chi connectivity index (χ2v) is 12.6. The molecule has 0 fully saturated rings. The van der Waals surface area contributed by atoms with E-state index in [4.69, 9.17) is 14.4 Å². The van der Waals surface area contributed by atoms with Crippen LogP contribution in [0.4, 0.5) is 0 Å². The monoisotopic (exact) mass is 626 g/mol. The summed E-state index contributed by atoms with van der Waals surface area (Å²) >= 11 is 0. The van der Waals surface area contributed by atoms with Crippen LogP contribution in [0.1, 0.15) is 0 Å². The van der Waals surface area contributed by atoms with E-state index in [1.165, 1.54) is 32.6 Å². The third kappa shape index (κ3) is 3.70. The van der Waals surface area contributed by atoms with Crippen molar-refractivity contribution in [1.82, 2.24) is 19.1 Å². The molecular weight excluding hydrogens is 601 g/mol. The molecule has 0 N–H and O–H groups in total. The molecule has 0 aliphatic rings. The second-order valence-electron chi connectivity index (χ2n) is 12.6. The summed E-state index contributed by atoms with van der Waals surface area (Å²) in [5.74, 6) is 0.635. The highest BCUT2D eigenvalue weighted by Gasteiger charge is 2.22. The van der Waals surface area contributed by atoms with E-state index < -0.39 is 0 Å². The molecule has 0 atom stereocenters. The number of para-hydroxylation sites is 5. The summed E-state index contributed by atoms with van der Waals surface area (Å²) < 4.78 is 10.9. The number of nitrogens with zero attached hydrogens (tertiary/aromatic N) is 4. The highest BCUT2D eigenvalue weighted by molar-refractivity contribution is 6.28. The minimum Gasteiger partial charge on any atom is -0.456 e. The maximum atomic E-state index is 6.30. The number of furan rings is 1. The van der Waals surface area contributed by atoms with Gasteiger partial charge in [0.25, 0.3) is 0 Å². The average Bonchev–Trinajstić information content (AvgIpc) is 3.82. The van der Waals surface area contributed by atoms with E-state index in [9.17, 15) is 0 Å². The first-order valence-corrected chi connectivity index (χ1v) is 16.5. The van der Waals surface area contributed by atoms with Crippen molar-refractivity contribution in [2.24, 2.45) is 0 Å². The van der Waals surface area contributed by atoms with Gasteiger partial charge in [0.15, 0.2) is 0 Å². The Labute approximate surface area is 279 Å². The summed E-state index contributed by atoms with van der Waals surface area (Å²) in [6.45, 7) is 0. The molecule has 4 aromatic heterocycles. The molecule has 228 valence electrons. The van der Waals surface area contributed by atoms with Gasteiger partial charge in [-0.3, -0.25) is 4.57 Å². The second kappa shape index (κ2) is 9.89. The Morgan fingerprint density at radius 1 is 0.408 bits per heavy atom. The van der Waals surface area contributed by atoms with Crippen molar-refractivity contribution in [2.75, 3.05) is 0 Å². The first-order chi connectivity index (χ1) is 24.3. The molecule has 0 aliphatic carbocycles. The molecule has 11 rings (SSSR count). The third-order valence-corrected chi connectivity index (χ3v) is 9.93. The summed E-state index contributed by atoms with van der Waals surface area (Å²) in [4.78, 5) is 10.6. The Morgan fingerprint density at radius 2 is 1.00 bits per heavy atom. The van der Waals surface area contributed by atoms with Crippen LogP contribution in [0.25, 0.3) is 99.3 Å². The van der Waals surface area contributed by atoms with Crippen molar-refractivity contribution >= 4 is 76.5 Å². The van der Waals surface area contributed by atoms with Crippen molar-refractivity contribution < 1.29 is 4.42 Å². The molecule has 0 aliphatic heterocycles. The molecule has 11 aromatic rings. The smallest absolute Gasteiger partial charge is 0.235 e. The number of fused-ring (bicyclic) bond motifs is 11. The van der Waals surface area contributed by atoms with Gasteiger partial charge in [-0.2, -0.15) is 0 Å². The Bertz CT molecular complexity index is 3110. The first-order valence-electron chi connectivity index (χ1n) is 16.5. The van der Waals surface area contributed by atoms with Crippen molar-refractivity contribution in [3.05, 3.63) is 158 Å². The standard InChI is InChI=1S/C44H26N4O/c1-2-12-28(13-3-1)47-35-19-9-5-16-32(35)41-37(47)24-25-38-42(41)33-17-6-10-20-36(33)48(38)44-45-34-18-8-4-15-31(34)43(46-44)27-22-23-30-29-14-7-11-21-39(29)49-40(30)26-27/h1-26H. The summed E-state index contributed by atoms with van der Waals surface area (Å²) in [6, 6.07) is 55.3. The van der Waals surface area contributed by atoms with Gasteiger partial charge in [0.1, 0.15) is 11.2 Å². The van der Waals surface area contributed by atoms with E-state index in [2.05, 4.69) is 137 Å². The minimum atomic E-state index is 0.635. The largest absolute Gasteiger partial charge is 0.456 e. The number of hydrogen-bond acceptors (Lipinski definition) is 3. The fraction of sp³-hybridized carbons (Fsp3) is 0. The Balaban J connectivity index is 1.23. The van der Waals surface area contributed by atoms with Crippen LogP contribution in [-0.2, 0) is 0 Å². The molecule has 0 spiro atoms. The van der Waals surface area contributed by atoms with Crippen LogP contribution in [0.2, 0.25) is 0 Å². The van der Waals surface area contributed by atoms with E-state index in [-0.39, 0.29) is 0 Å². The number of aromatic nitrogens is 4. The minimum absolute atomic E-state index is 0.635. The van der Waals surface area contributed by atoms with Crippen LogP contribution in [0.15, 0.2) is 162 Å². The van der Waals surface area contributed by atoms with Gasteiger partial charge in [-0.05, 0) is 60.7 Å². The zero-order valence-electron chi connectivity index (χ0n) is 26.2. The fourth-order valence-corrected chi connectivity index (χ4v) is 7.85. The van der Waals surface area contributed by atoms with Gasteiger partial charge < -0.3 is 8.98 Å². The Hall–Kier alpha value is -6.72. The average molecular weight is 627 g/mol. The Morgan fingerprint density at radius 3 is 1.78 bits per heavy atom. The number of rotatable bonds is 3. The topological polar surface area (TPSA) is 48.8 Å². The number of benzene rings is 7. The molecule has 5 nitrogen and oxygen atoms in total. The maximum absolute atomic E-state index is 6.30. The highest BCUT2D eigenvalue weighted by atomic mass is 16.3. The normalized spacial score (nSPS) is 12.1. The molecular formula is C44H26N4O. The molecule has 0 radical (unpaired) electrons. The molecule has 49 heavy (non-hydrogen) atoms. The summed E-state index contributed by atoms with van der Waals surface area (Å²) in [7, 11) is 0. The van der Waals surface area contributed by atoms with E-state index in [0.717, 1.165) is 60.8 Å². The molecule has 7 aromatic carbocycles. The lowest BCUT2D eigenvalue weighted by Crippen LogP contribution is -2.03. The zero-order valence-corrected chi connectivity index (χ0v) is 26.2. The van der Waals surface area contributed by atoms with Gasteiger partial charge in [0.2, 0.25) is 5.95 Å². The van der Waals surface area contributed by atoms with E-state index in [1.54, 1.807) is 0 Å². The van der Waals surface area contributed by atoms with Gasteiger partial charge >= 0.3 is 0 Å². The zero-order chi connectivity index (χ0) is 32.1. The molecule has 0 amide bonds. The molecule has 4 heterocycles.